The predicted octanol–water partition coefficient (Wildman–Crippen LogP) is 4.49. The van der Waals surface area contributed by atoms with Gasteiger partial charge < -0.3 is 14.8 Å². The Morgan fingerprint density at radius 2 is 1.67 bits per heavy atom. The van der Waals surface area contributed by atoms with Crippen LogP contribution < -0.4 is 14.8 Å². The van der Waals surface area contributed by atoms with Gasteiger partial charge in [0.25, 0.3) is 0 Å². The number of rotatable bonds is 5. The van der Waals surface area contributed by atoms with Gasteiger partial charge in [0, 0.05) is 16.8 Å². The molecule has 0 aliphatic heterocycles. The average molecular weight is 285 g/mol. The third-order valence-electron chi connectivity index (χ3n) is 3.78. The van der Waals surface area contributed by atoms with Crippen LogP contribution in [0.5, 0.6) is 11.5 Å². The lowest BCUT2D eigenvalue weighted by Gasteiger charge is -2.21. The third-order valence-corrected chi connectivity index (χ3v) is 3.78. The van der Waals surface area contributed by atoms with Gasteiger partial charge in [0.05, 0.1) is 20.3 Å². The Morgan fingerprint density at radius 1 is 0.952 bits per heavy atom. The van der Waals surface area contributed by atoms with Crippen molar-refractivity contribution in [1.29, 1.82) is 0 Å². The fourth-order valence-electron chi connectivity index (χ4n) is 2.63. The molecule has 0 aliphatic rings. The molecule has 0 aliphatic carbocycles. The molecular weight excluding hydrogens is 262 g/mol. The van der Waals surface area contributed by atoms with Crippen LogP contribution >= 0.6 is 0 Å². The lowest BCUT2D eigenvalue weighted by molar-refractivity contribution is 0.407. The van der Waals surface area contributed by atoms with E-state index in [-0.39, 0.29) is 6.04 Å². The Bertz CT molecular complexity index is 623. The zero-order valence-corrected chi connectivity index (χ0v) is 13.4. The molecule has 1 atom stereocenters. The molecule has 1 N–H and O–H groups in total. The van der Waals surface area contributed by atoms with Crippen molar-refractivity contribution in [2.24, 2.45) is 0 Å². The molecule has 0 radical (unpaired) electrons. The van der Waals surface area contributed by atoms with Crippen LogP contribution in [0.2, 0.25) is 0 Å². The highest BCUT2D eigenvalue weighted by atomic mass is 16.5. The molecule has 0 saturated carbocycles. The van der Waals surface area contributed by atoms with Gasteiger partial charge in [-0.1, -0.05) is 24.3 Å². The predicted molar refractivity (Wildman–Crippen MR) is 87.5 cm³/mol. The Morgan fingerprint density at radius 3 is 2.33 bits per heavy atom. The summed E-state index contributed by atoms with van der Waals surface area (Å²) in [5.41, 5.74) is 4.49. The monoisotopic (exact) mass is 285 g/mol. The summed E-state index contributed by atoms with van der Waals surface area (Å²) in [6.07, 6.45) is 0. The lowest BCUT2D eigenvalue weighted by Crippen LogP contribution is -2.09. The van der Waals surface area contributed by atoms with Crippen molar-refractivity contribution in [3.8, 4) is 11.5 Å². The van der Waals surface area contributed by atoms with Gasteiger partial charge in [-0.25, -0.2) is 0 Å². The second-order valence-corrected chi connectivity index (χ2v) is 5.20. The number of anilines is 1. The molecule has 2 rings (SSSR count). The zero-order chi connectivity index (χ0) is 15.4. The number of ether oxygens (including phenoxy) is 2. The van der Waals surface area contributed by atoms with Gasteiger partial charge in [0.2, 0.25) is 0 Å². The van der Waals surface area contributed by atoms with Gasteiger partial charge >= 0.3 is 0 Å². The van der Waals surface area contributed by atoms with E-state index in [1.165, 1.54) is 0 Å². The van der Waals surface area contributed by atoms with E-state index in [9.17, 15) is 0 Å². The van der Waals surface area contributed by atoms with Crippen molar-refractivity contribution >= 4 is 5.69 Å². The maximum Gasteiger partial charge on any atom is 0.126 e. The Kier molecular flexibility index (Phi) is 4.73. The zero-order valence-electron chi connectivity index (χ0n) is 13.4. The molecule has 0 aromatic heterocycles. The normalized spacial score (nSPS) is 11.9. The molecule has 2 aromatic rings. The number of para-hydroxylation sites is 1. The highest BCUT2D eigenvalue weighted by Crippen LogP contribution is 2.33. The summed E-state index contributed by atoms with van der Waals surface area (Å²) in [5, 5.41) is 3.54. The highest BCUT2D eigenvalue weighted by Gasteiger charge is 2.14. The number of nitrogens with one attached hydrogen (secondary N) is 1. The Balaban J connectivity index is 2.30. The van der Waals surface area contributed by atoms with E-state index in [1.54, 1.807) is 14.2 Å². The van der Waals surface area contributed by atoms with Crippen molar-refractivity contribution in [2.75, 3.05) is 19.5 Å². The van der Waals surface area contributed by atoms with Crippen LogP contribution in [0.25, 0.3) is 0 Å². The van der Waals surface area contributed by atoms with E-state index >= 15 is 0 Å². The van der Waals surface area contributed by atoms with E-state index in [2.05, 4.69) is 44.3 Å². The minimum Gasteiger partial charge on any atom is -0.496 e. The lowest BCUT2D eigenvalue weighted by atomic mass is 10.0. The van der Waals surface area contributed by atoms with Crippen molar-refractivity contribution in [3.63, 3.8) is 0 Å². The van der Waals surface area contributed by atoms with Gasteiger partial charge in [-0.15, -0.1) is 0 Å². The first-order valence-electron chi connectivity index (χ1n) is 7.12. The number of methoxy groups -OCH3 is 2. The molecule has 0 heterocycles. The van der Waals surface area contributed by atoms with E-state index in [4.69, 9.17) is 9.47 Å². The summed E-state index contributed by atoms with van der Waals surface area (Å²) < 4.78 is 10.9. The van der Waals surface area contributed by atoms with Crippen molar-refractivity contribution in [3.05, 3.63) is 53.1 Å². The molecule has 0 bridgehead atoms. The van der Waals surface area contributed by atoms with Crippen molar-refractivity contribution in [2.45, 2.75) is 26.8 Å². The summed E-state index contributed by atoms with van der Waals surface area (Å²) in [7, 11) is 3.41. The summed E-state index contributed by atoms with van der Waals surface area (Å²) in [4.78, 5) is 0. The summed E-state index contributed by atoms with van der Waals surface area (Å²) in [6.45, 7) is 6.26. The van der Waals surface area contributed by atoms with Crippen molar-refractivity contribution < 1.29 is 9.47 Å². The molecule has 3 nitrogen and oxygen atoms in total. The molecule has 0 spiro atoms. The van der Waals surface area contributed by atoms with Gasteiger partial charge in [-0.3, -0.25) is 0 Å². The van der Waals surface area contributed by atoms with Crippen LogP contribution in [0.15, 0.2) is 36.4 Å². The number of hydrogen-bond donors (Lipinski definition) is 1. The van der Waals surface area contributed by atoms with Crippen LogP contribution in [0.1, 0.15) is 29.7 Å². The first-order chi connectivity index (χ1) is 10.1. The molecule has 112 valence electrons. The summed E-state index contributed by atoms with van der Waals surface area (Å²) in [5.74, 6) is 1.83. The fraction of sp³-hybridized carbons (Fsp3) is 0.333. The number of aryl methyl sites for hydroxylation is 1. The summed E-state index contributed by atoms with van der Waals surface area (Å²) in [6, 6.07) is 12.4. The molecule has 2 aromatic carbocycles. The van der Waals surface area contributed by atoms with Gasteiger partial charge in [0.15, 0.2) is 0 Å². The van der Waals surface area contributed by atoms with Gasteiger partial charge in [0.1, 0.15) is 11.5 Å². The molecule has 21 heavy (non-hydrogen) atoms. The fourth-order valence-corrected chi connectivity index (χ4v) is 2.63. The van der Waals surface area contributed by atoms with E-state index in [0.717, 1.165) is 33.9 Å². The Labute approximate surface area is 126 Å². The van der Waals surface area contributed by atoms with Crippen LogP contribution in [0.3, 0.4) is 0 Å². The summed E-state index contributed by atoms with van der Waals surface area (Å²) >= 11 is 0. The van der Waals surface area contributed by atoms with Crippen LogP contribution in [-0.4, -0.2) is 14.2 Å². The standard InChI is InChI=1S/C18H23NO2/c1-12-10-11-16(13(2)18(12)21-5)19-14(3)15-8-6-7-9-17(15)20-4/h6-11,14,19H,1-5H3. The van der Waals surface area contributed by atoms with E-state index in [0.29, 0.717) is 0 Å². The molecule has 0 amide bonds. The highest BCUT2D eigenvalue weighted by molar-refractivity contribution is 5.60. The third kappa shape index (κ3) is 3.13. The minimum absolute atomic E-state index is 0.146. The smallest absolute Gasteiger partial charge is 0.126 e. The number of hydrogen-bond acceptors (Lipinski definition) is 3. The van der Waals surface area contributed by atoms with Gasteiger partial charge in [-0.05, 0) is 38.5 Å². The second-order valence-electron chi connectivity index (χ2n) is 5.20. The van der Waals surface area contributed by atoms with Crippen LogP contribution in [-0.2, 0) is 0 Å². The molecule has 3 heteroatoms. The topological polar surface area (TPSA) is 30.5 Å². The van der Waals surface area contributed by atoms with E-state index < -0.39 is 0 Å². The first-order valence-corrected chi connectivity index (χ1v) is 7.12. The van der Waals surface area contributed by atoms with Crippen molar-refractivity contribution in [1.82, 2.24) is 0 Å². The molecule has 0 saturated heterocycles. The first kappa shape index (κ1) is 15.2. The Hall–Kier alpha value is -2.16. The number of benzene rings is 2. The largest absolute Gasteiger partial charge is 0.496 e. The SMILES string of the molecule is COc1ccccc1C(C)Nc1ccc(C)c(OC)c1C. The van der Waals surface area contributed by atoms with Gasteiger partial charge in [-0.2, -0.15) is 0 Å². The van der Waals surface area contributed by atoms with E-state index in [1.807, 2.05) is 18.2 Å². The molecular formula is C18H23NO2. The second kappa shape index (κ2) is 6.53. The average Bonchev–Trinajstić information content (AvgIpc) is 2.50. The maximum absolute atomic E-state index is 5.48. The van der Waals surface area contributed by atoms with Crippen LogP contribution in [0, 0.1) is 13.8 Å². The quantitative estimate of drug-likeness (QED) is 0.877. The molecule has 1 unspecified atom stereocenters. The molecule has 0 fully saturated rings. The van der Waals surface area contributed by atoms with Crippen LogP contribution in [0.4, 0.5) is 5.69 Å². The maximum atomic E-state index is 5.48. The minimum atomic E-state index is 0.146.